The van der Waals surface area contributed by atoms with Crippen LogP contribution in [0.15, 0.2) is 12.5 Å². The standard InChI is InChI=1S/C10H17N5O3/c1-5(16)8(11)10(18)15-7(9(12)17)2-6-3-13-4-14-6/h3-5,7-8,16H,2,11H2,1H3,(H2,12,17)(H,13,14)(H,15,18)/t5-,7-,8+/m1/s1. The summed E-state index contributed by atoms with van der Waals surface area (Å²) in [5.41, 5.74) is 11.3. The van der Waals surface area contributed by atoms with Crippen LogP contribution >= 0.6 is 0 Å². The lowest BCUT2D eigenvalue weighted by molar-refractivity contribution is -0.129. The first-order chi connectivity index (χ1) is 8.41. The summed E-state index contributed by atoms with van der Waals surface area (Å²) in [5.74, 6) is -1.32. The molecule has 0 aliphatic rings. The number of rotatable bonds is 6. The quantitative estimate of drug-likeness (QED) is 0.385. The minimum atomic E-state index is -1.10. The molecule has 0 aromatic carbocycles. The highest BCUT2D eigenvalue weighted by atomic mass is 16.3. The first-order valence-electron chi connectivity index (χ1n) is 5.42. The van der Waals surface area contributed by atoms with Crippen molar-refractivity contribution in [2.45, 2.75) is 31.5 Å². The molecule has 0 bridgehead atoms. The van der Waals surface area contributed by atoms with Gasteiger partial charge in [0.25, 0.3) is 0 Å². The number of hydrogen-bond donors (Lipinski definition) is 5. The summed E-state index contributed by atoms with van der Waals surface area (Å²) in [6, 6.07) is -2.00. The highest BCUT2D eigenvalue weighted by molar-refractivity contribution is 5.89. The second-order valence-electron chi connectivity index (χ2n) is 4.01. The minimum absolute atomic E-state index is 0.188. The number of aromatic amines is 1. The minimum Gasteiger partial charge on any atom is -0.391 e. The molecule has 1 aromatic rings. The summed E-state index contributed by atoms with van der Waals surface area (Å²) in [4.78, 5) is 29.4. The van der Waals surface area contributed by atoms with Gasteiger partial charge in [-0.25, -0.2) is 4.98 Å². The van der Waals surface area contributed by atoms with Crippen molar-refractivity contribution in [3.05, 3.63) is 18.2 Å². The number of nitrogens with one attached hydrogen (secondary N) is 2. The van der Waals surface area contributed by atoms with Crippen LogP contribution in [0.2, 0.25) is 0 Å². The number of primary amides is 1. The van der Waals surface area contributed by atoms with Gasteiger partial charge in [0.15, 0.2) is 0 Å². The van der Waals surface area contributed by atoms with Gasteiger partial charge in [0, 0.05) is 18.3 Å². The van der Waals surface area contributed by atoms with Crippen molar-refractivity contribution < 1.29 is 14.7 Å². The summed E-state index contributed by atoms with van der Waals surface area (Å²) >= 11 is 0. The van der Waals surface area contributed by atoms with Crippen LogP contribution in [0.1, 0.15) is 12.6 Å². The second-order valence-corrected chi connectivity index (χ2v) is 4.01. The first-order valence-corrected chi connectivity index (χ1v) is 5.42. The maximum absolute atomic E-state index is 11.6. The summed E-state index contributed by atoms with van der Waals surface area (Å²) < 4.78 is 0. The van der Waals surface area contributed by atoms with Gasteiger partial charge in [0.05, 0.1) is 12.4 Å². The van der Waals surface area contributed by atoms with Gasteiger partial charge < -0.3 is 26.9 Å². The van der Waals surface area contributed by atoms with E-state index in [4.69, 9.17) is 11.5 Å². The lowest BCUT2D eigenvalue weighted by Gasteiger charge is -2.19. The van der Waals surface area contributed by atoms with Crippen LogP contribution in [0.3, 0.4) is 0 Å². The molecule has 7 N–H and O–H groups in total. The fourth-order valence-electron chi connectivity index (χ4n) is 1.33. The van der Waals surface area contributed by atoms with E-state index in [9.17, 15) is 14.7 Å². The Morgan fingerprint density at radius 3 is 2.72 bits per heavy atom. The van der Waals surface area contributed by atoms with Crippen LogP contribution in [0, 0.1) is 0 Å². The normalized spacial score (nSPS) is 15.7. The predicted molar refractivity (Wildman–Crippen MR) is 63.1 cm³/mol. The van der Waals surface area contributed by atoms with Crippen LogP contribution in [-0.4, -0.2) is 45.1 Å². The van der Waals surface area contributed by atoms with Crippen molar-refractivity contribution in [2.75, 3.05) is 0 Å². The molecular formula is C10H17N5O3. The van der Waals surface area contributed by atoms with E-state index >= 15 is 0 Å². The number of carbonyl (C=O) groups is 2. The number of aromatic nitrogens is 2. The van der Waals surface area contributed by atoms with E-state index in [0.717, 1.165) is 0 Å². The number of imidazole rings is 1. The molecule has 1 heterocycles. The fraction of sp³-hybridized carbons (Fsp3) is 0.500. The Kier molecular flexibility index (Phi) is 4.81. The van der Waals surface area contributed by atoms with Crippen LogP contribution in [-0.2, 0) is 16.0 Å². The largest absolute Gasteiger partial charge is 0.391 e. The van der Waals surface area contributed by atoms with Crippen molar-refractivity contribution in [3.63, 3.8) is 0 Å². The second kappa shape index (κ2) is 6.12. The zero-order chi connectivity index (χ0) is 13.7. The number of hydrogen-bond acceptors (Lipinski definition) is 5. The topological polar surface area (TPSA) is 147 Å². The van der Waals surface area contributed by atoms with E-state index in [1.165, 1.54) is 19.4 Å². The summed E-state index contributed by atoms with van der Waals surface area (Å²) in [7, 11) is 0. The van der Waals surface area contributed by atoms with Crippen LogP contribution in [0.5, 0.6) is 0 Å². The number of aliphatic hydroxyl groups is 1. The summed E-state index contributed by atoms with van der Waals surface area (Å²) in [6.45, 7) is 1.39. The molecule has 1 rings (SSSR count). The van der Waals surface area contributed by atoms with Crippen LogP contribution in [0.25, 0.3) is 0 Å². The van der Waals surface area contributed by atoms with Gasteiger partial charge in [-0.1, -0.05) is 0 Å². The van der Waals surface area contributed by atoms with E-state index < -0.39 is 30.0 Å². The average molecular weight is 255 g/mol. The lowest BCUT2D eigenvalue weighted by Crippen LogP contribution is -2.54. The molecule has 18 heavy (non-hydrogen) atoms. The third-order valence-corrected chi connectivity index (χ3v) is 2.46. The molecule has 0 fully saturated rings. The Labute approximate surface area is 104 Å². The van der Waals surface area contributed by atoms with E-state index in [2.05, 4.69) is 15.3 Å². The van der Waals surface area contributed by atoms with Crippen LogP contribution in [0.4, 0.5) is 0 Å². The molecule has 0 unspecified atom stereocenters. The third-order valence-electron chi connectivity index (χ3n) is 2.46. The molecule has 0 aliphatic carbocycles. The number of amides is 2. The summed E-state index contributed by atoms with van der Waals surface area (Å²) in [5, 5.41) is 11.6. The van der Waals surface area contributed by atoms with Crippen molar-refractivity contribution in [1.82, 2.24) is 15.3 Å². The van der Waals surface area contributed by atoms with Gasteiger partial charge in [-0.05, 0) is 6.92 Å². The fourth-order valence-corrected chi connectivity index (χ4v) is 1.33. The smallest absolute Gasteiger partial charge is 0.240 e. The van der Waals surface area contributed by atoms with Crippen molar-refractivity contribution in [3.8, 4) is 0 Å². The molecule has 1 aromatic heterocycles. The molecule has 0 aliphatic heterocycles. The molecule has 8 nitrogen and oxygen atoms in total. The van der Waals surface area contributed by atoms with Crippen molar-refractivity contribution >= 4 is 11.8 Å². The van der Waals surface area contributed by atoms with Gasteiger partial charge in [0.1, 0.15) is 12.1 Å². The SMILES string of the molecule is C[C@@H](O)[C@H](N)C(=O)N[C@H](Cc1cnc[nH]1)C(N)=O. The Balaban J connectivity index is 2.64. The van der Waals surface area contributed by atoms with Gasteiger partial charge in [0.2, 0.25) is 11.8 Å². The van der Waals surface area contributed by atoms with E-state index in [0.29, 0.717) is 5.69 Å². The van der Waals surface area contributed by atoms with Gasteiger partial charge >= 0.3 is 0 Å². The van der Waals surface area contributed by atoms with Gasteiger partial charge in [-0.3, -0.25) is 9.59 Å². The molecule has 100 valence electrons. The van der Waals surface area contributed by atoms with Crippen molar-refractivity contribution in [1.29, 1.82) is 0 Å². The number of nitrogens with two attached hydrogens (primary N) is 2. The number of H-pyrrole nitrogens is 1. The van der Waals surface area contributed by atoms with Gasteiger partial charge in [-0.15, -0.1) is 0 Å². The molecule has 2 amide bonds. The Morgan fingerprint density at radius 1 is 1.61 bits per heavy atom. The van der Waals surface area contributed by atoms with E-state index in [1.54, 1.807) is 0 Å². The molecule has 0 spiro atoms. The monoisotopic (exact) mass is 255 g/mol. The molecule has 3 atom stereocenters. The molecule has 8 heteroatoms. The lowest BCUT2D eigenvalue weighted by atomic mass is 10.1. The Hall–Kier alpha value is -1.93. The summed E-state index contributed by atoms with van der Waals surface area (Å²) in [6.07, 6.45) is 2.16. The average Bonchev–Trinajstić information content (AvgIpc) is 2.79. The Bertz CT molecular complexity index is 404. The number of nitrogens with zero attached hydrogens (tertiary/aromatic N) is 1. The molecular weight excluding hydrogens is 238 g/mol. The Morgan fingerprint density at radius 2 is 2.28 bits per heavy atom. The first kappa shape index (κ1) is 14.1. The zero-order valence-corrected chi connectivity index (χ0v) is 9.96. The third kappa shape index (κ3) is 3.82. The van der Waals surface area contributed by atoms with E-state index in [-0.39, 0.29) is 6.42 Å². The molecule has 0 radical (unpaired) electrons. The number of aliphatic hydroxyl groups excluding tert-OH is 1. The highest BCUT2D eigenvalue weighted by Crippen LogP contribution is 1.99. The zero-order valence-electron chi connectivity index (χ0n) is 9.96. The van der Waals surface area contributed by atoms with E-state index in [1.807, 2.05) is 0 Å². The predicted octanol–water partition coefficient (Wildman–Crippen LogP) is -2.37. The maximum Gasteiger partial charge on any atom is 0.240 e. The van der Waals surface area contributed by atoms with Gasteiger partial charge in [-0.2, -0.15) is 0 Å². The molecule has 0 saturated carbocycles. The van der Waals surface area contributed by atoms with Crippen LogP contribution < -0.4 is 16.8 Å². The number of carbonyl (C=O) groups excluding carboxylic acids is 2. The molecule has 0 saturated heterocycles. The van der Waals surface area contributed by atoms with Crippen molar-refractivity contribution in [2.24, 2.45) is 11.5 Å². The maximum atomic E-state index is 11.6. The highest BCUT2D eigenvalue weighted by Gasteiger charge is 2.24.